The lowest BCUT2D eigenvalue weighted by Gasteiger charge is -2.16. The van der Waals surface area contributed by atoms with Gasteiger partial charge < -0.3 is 10.2 Å². The normalized spacial score (nSPS) is 13.5. The summed E-state index contributed by atoms with van der Waals surface area (Å²) in [5.74, 6) is 0.233. The van der Waals surface area contributed by atoms with Gasteiger partial charge in [0.05, 0.1) is 5.56 Å². The molecule has 158 valence electrons. The van der Waals surface area contributed by atoms with Crippen LogP contribution < -0.4 is 5.32 Å². The number of anilines is 1. The molecule has 0 atom stereocenters. The second-order valence-corrected chi connectivity index (χ2v) is 8.31. The Morgan fingerprint density at radius 2 is 1.94 bits per heavy atom. The molecular weight excluding hydrogens is 413 g/mol. The number of hydrogen-bond donors (Lipinski definition) is 1. The van der Waals surface area contributed by atoms with Gasteiger partial charge in [0.15, 0.2) is 0 Å². The third-order valence-electron chi connectivity index (χ3n) is 5.03. The number of hydrogen-bond acceptors (Lipinski definition) is 4. The van der Waals surface area contributed by atoms with Gasteiger partial charge in [-0.2, -0.15) is 0 Å². The number of halogens is 1. The lowest BCUT2D eigenvalue weighted by atomic mass is 10.2. The van der Waals surface area contributed by atoms with Gasteiger partial charge in [0.2, 0.25) is 5.91 Å². The zero-order valence-electron chi connectivity index (χ0n) is 16.9. The Labute approximate surface area is 184 Å². The van der Waals surface area contributed by atoms with Crippen LogP contribution in [-0.4, -0.2) is 28.2 Å². The topological polar surface area (TPSA) is 62.3 Å². The molecule has 0 aliphatic carbocycles. The molecule has 0 unspecified atom stereocenters. The van der Waals surface area contributed by atoms with Crippen LogP contribution in [0.1, 0.15) is 34.3 Å². The van der Waals surface area contributed by atoms with Gasteiger partial charge in [-0.25, -0.2) is 9.37 Å². The Morgan fingerprint density at radius 1 is 1.10 bits per heavy atom. The minimum atomic E-state index is -0.275. The number of thioether (sulfide) groups is 1. The number of rotatable bonds is 7. The molecule has 1 aromatic heterocycles. The quantitative estimate of drug-likeness (QED) is 0.537. The summed E-state index contributed by atoms with van der Waals surface area (Å²) in [6.45, 7) is 1.33. The van der Waals surface area contributed by atoms with Crippen molar-refractivity contribution in [2.24, 2.45) is 0 Å². The fraction of sp³-hybridized carbons (Fsp3) is 0.208. The largest absolute Gasteiger partial charge is 0.338 e. The predicted octanol–water partition coefficient (Wildman–Crippen LogP) is 4.89. The van der Waals surface area contributed by atoms with E-state index in [1.807, 2.05) is 29.2 Å². The molecule has 2 heterocycles. The third kappa shape index (κ3) is 5.49. The molecule has 0 radical (unpaired) electrons. The molecule has 0 saturated carbocycles. The van der Waals surface area contributed by atoms with Gasteiger partial charge in [-0.1, -0.05) is 24.3 Å². The highest BCUT2D eigenvalue weighted by atomic mass is 32.2. The number of carbonyl (C=O) groups excluding carboxylic acids is 2. The maximum Gasteiger partial charge on any atom is 0.258 e. The van der Waals surface area contributed by atoms with Gasteiger partial charge >= 0.3 is 0 Å². The third-order valence-corrected chi connectivity index (χ3v) is 6.11. The average molecular weight is 436 g/mol. The first-order chi connectivity index (χ1) is 15.1. The van der Waals surface area contributed by atoms with Crippen molar-refractivity contribution >= 4 is 29.3 Å². The van der Waals surface area contributed by atoms with E-state index in [2.05, 4.69) is 10.3 Å². The van der Waals surface area contributed by atoms with E-state index in [1.165, 1.54) is 23.9 Å². The summed E-state index contributed by atoms with van der Waals surface area (Å²) >= 11 is 1.43. The van der Waals surface area contributed by atoms with Crippen molar-refractivity contribution in [1.29, 1.82) is 0 Å². The van der Waals surface area contributed by atoms with E-state index in [4.69, 9.17) is 0 Å². The van der Waals surface area contributed by atoms with E-state index < -0.39 is 0 Å². The Balaban J connectivity index is 1.43. The number of nitrogens with zero attached hydrogens (tertiary/aromatic N) is 2. The highest BCUT2D eigenvalue weighted by Gasteiger charge is 2.20. The number of aromatic nitrogens is 1. The lowest BCUT2D eigenvalue weighted by Crippen LogP contribution is -2.23. The van der Waals surface area contributed by atoms with E-state index >= 15 is 0 Å². The second-order valence-electron chi connectivity index (χ2n) is 7.34. The fourth-order valence-corrected chi connectivity index (χ4v) is 4.40. The van der Waals surface area contributed by atoms with Crippen molar-refractivity contribution in [3.63, 3.8) is 0 Å². The van der Waals surface area contributed by atoms with E-state index in [9.17, 15) is 14.0 Å². The molecule has 3 aromatic rings. The van der Waals surface area contributed by atoms with E-state index in [0.717, 1.165) is 24.1 Å². The molecular formula is C24H22FN3O2S. The van der Waals surface area contributed by atoms with Crippen molar-refractivity contribution in [1.82, 2.24) is 9.88 Å². The number of benzene rings is 2. The number of nitrogens with one attached hydrogen (secondary N) is 1. The average Bonchev–Trinajstić information content (AvgIpc) is 3.18. The van der Waals surface area contributed by atoms with Crippen LogP contribution in [0.4, 0.5) is 10.1 Å². The van der Waals surface area contributed by atoms with Crippen molar-refractivity contribution in [2.75, 3.05) is 11.9 Å². The molecule has 2 aromatic carbocycles. The van der Waals surface area contributed by atoms with Crippen molar-refractivity contribution in [3.8, 4) is 0 Å². The van der Waals surface area contributed by atoms with Crippen LogP contribution in [0.15, 0.2) is 71.9 Å². The summed E-state index contributed by atoms with van der Waals surface area (Å²) in [4.78, 5) is 31.0. The van der Waals surface area contributed by atoms with Gasteiger partial charge in [-0.05, 0) is 53.9 Å². The van der Waals surface area contributed by atoms with Crippen molar-refractivity contribution in [2.45, 2.75) is 30.2 Å². The molecule has 1 fully saturated rings. The molecule has 0 bridgehead atoms. The summed E-state index contributed by atoms with van der Waals surface area (Å²) in [5.41, 5.74) is 3.08. The van der Waals surface area contributed by atoms with E-state index in [1.54, 1.807) is 30.5 Å². The Hall–Kier alpha value is -3.19. The Bertz CT molecular complexity index is 1090. The summed E-state index contributed by atoms with van der Waals surface area (Å²) in [5, 5.41) is 3.55. The van der Waals surface area contributed by atoms with Crippen LogP contribution in [0.3, 0.4) is 0 Å². The van der Waals surface area contributed by atoms with Crippen LogP contribution in [-0.2, 0) is 17.1 Å². The molecule has 1 aliphatic heterocycles. The second kappa shape index (κ2) is 9.75. The maximum atomic E-state index is 13.1. The smallest absolute Gasteiger partial charge is 0.258 e. The molecule has 4 rings (SSSR count). The highest BCUT2D eigenvalue weighted by Crippen LogP contribution is 2.25. The molecule has 0 spiro atoms. The first-order valence-corrected chi connectivity index (χ1v) is 11.1. The van der Waals surface area contributed by atoms with Crippen LogP contribution in [0.5, 0.6) is 0 Å². The molecule has 1 saturated heterocycles. The van der Waals surface area contributed by atoms with Gasteiger partial charge in [0, 0.05) is 37.1 Å². The Morgan fingerprint density at radius 3 is 2.71 bits per heavy atom. The summed E-state index contributed by atoms with van der Waals surface area (Å²) in [6.07, 6.45) is 3.15. The van der Waals surface area contributed by atoms with Gasteiger partial charge in [-0.3, -0.25) is 9.59 Å². The SMILES string of the molecule is O=C(Nc1cccc(CN2CCCC2=O)c1)c1cccnc1SCc1ccc(F)cc1. The fourth-order valence-electron chi connectivity index (χ4n) is 3.45. The molecule has 31 heavy (non-hydrogen) atoms. The van der Waals surface area contributed by atoms with Crippen LogP contribution in [0, 0.1) is 5.82 Å². The standard InChI is InChI=1S/C24H22FN3O2S/c25-19-10-8-17(9-11-19)16-31-24-21(6-2-12-26-24)23(30)27-20-5-1-4-18(14-20)15-28-13-3-7-22(28)29/h1-2,4-6,8-12,14H,3,7,13,15-16H2,(H,27,30). The number of likely N-dealkylation sites (tertiary alicyclic amines) is 1. The van der Waals surface area contributed by atoms with Crippen LogP contribution >= 0.6 is 11.8 Å². The zero-order chi connectivity index (χ0) is 21.6. The molecule has 5 nitrogen and oxygen atoms in total. The minimum absolute atomic E-state index is 0.174. The number of pyridine rings is 1. The summed E-state index contributed by atoms with van der Waals surface area (Å²) in [7, 11) is 0. The van der Waals surface area contributed by atoms with E-state index in [0.29, 0.717) is 35.0 Å². The Kier molecular flexibility index (Phi) is 6.62. The lowest BCUT2D eigenvalue weighted by molar-refractivity contribution is -0.128. The minimum Gasteiger partial charge on any atom is -0.338 e. The van der Waals surface area contributed by atoms with Crippen LogP contribution in [0.2, 0.25) is 0 Å². The predicted molar refractivity (Wildman–Crippen MR) is 119 cm³/mol. The van der Waals surface area contributed by atoms with Crippen molar-refractivity contribution < 1.29 is 14.0 Å². The monoisotopic (exact) mass is 435 g/mol. The molecule has 1 N–H and O–H groups in total. The number of amides is 2. The van der Waals surface area contributed by atoms with Gasteiger partial charge in [-0.15, -0.1) is 11.8 Å². The molecule has 1 aliphatic rings. The van der Waals surface area contributed by atoms with Gasteiger partial charge in [0.25, 0.3) is 5.91 Å². The zero-order valence-corrected chi connectivity index (χ0v) is 17.7. The van der Waals surface area contributed by atoms with Gasteiger partial charge in [0.1, 0.15) is 10.8 Å². The van der Waals surface area contributed by atoms with Crippen molar-refractivity contribution in [3.05, 3.63) is 89.4 Å². The first-order valence-electron chi connectivity index (χ1n) is 10.1. The van der Waals surface area contributed by atoms with E-state index in [-0.39, 0.29) is 17.6 Å². The molecule has 2 amide bonds. The maximum absolute atomic E-state index is 13.1. The first kappa shape index (κ1) is 21.1. The highest BCUT2D eigenvalue weighted by molar-refractivity contribution is 7.98. The van der Waals surface area contributed by atoms with Crippen LogP contribution in [0.25, 0.3) is 0 Å². The summed E-state index contributed by atoms with van der Waals surface area (Å²) in [6, 6.07) is 17.3. The number of carbonyl (C=O) groups is 2. The summed E-state index contributed by atoms with van der Waals surface area (Å²) < 4.78 is 13.1. The molecule has 7 heteroatoms.